The van der Waals surface area contributed by atoms with Crippen LogP contribution in [0.4, 0.5) is 34.1 Å². The number of hydrogen-bond donors (Lipinski definition) is 0. The molecule has 9 aromatic carbocycles. The van der Waals surface area contributed by atoms with Crippen molar-refractivity contribution in [3.63, 3.8) is 0 Å². The molecule has 5 aliphatic rings. The molecule has 2 atom stereocenters. The molecule has 0 spiro atoms. The van der Waals surface area contributed by atoms with Crippen LogP contribution in [-0.2, 0) is 16.2 Å². The SMILES string of the molecule is CC(C)(C)c1cccc(N(c2cccc(C(C)(C)C)c2)c2cc(C34CC5CC(C3)C(C5)C4)cc(N(c3ccc4c(c3)[Si](c3ccccc3)(c3ccccc3)c3ccccc3-4)c3ccccc3-c3ccccc3)c2Cl)c1. The third-order valence-corrected chi connectivity index (χ3v) is 23.2. The molecule has 4 saturated carbocycles. The summed E-state index contributed by atoms with van der Waals surface area (Å²) in [5.41, 5.74) is 15.4. The zero-order chi connectivity index (χ0) is 51.3. The van der Waals surface area contributed by atoms with Crippen molar-refractivity contribution in [1.82, 2.24) is 0 Å². The molecule has 372 valence electrons. The van der Waals surface area contributed by atoms with Gasteiger partial charge in [0, 0.05) is 22.6 Å². The van der Waals surface area contributed by atoms with Gasteiger partial charge in [0.25, 0.3) is 0 Å². The largest absolute Gasteiger partial charge is 0.309 e. The van der Waals surface area contributed by atoms with Crippen LogP contribution < -0.4 is 30.5 Å². The first-order valence-electron chi connectivity index (χ1n) is 27.5. The maximum atomic E-state index is 8.57. The van der Waals surface area contributed by atoms with Gasteiger partial charge in [-0.15, -0.1) is 0 Å². The van der Waals surface area contributed by atoms with Crippen LogP contribution in [0.2, 0.25) is 5.02 Å². The first-order valence-corrected chi connectivity index (χ1v) is 29.8. The normalized spacial score (nSPS) is 20.0. The predicted molar refractivity (Wildman–Crippen MR) is 321 cm³/mol. The number of anilines is 6. The van der Waals surface area contributed by atoms with Crippen molar-refractivity contribution in [1.29, 1.82) is 0 Å². The van der Waals surface area contributed by atoms with E-state index in [0.717, 1.165) is 62.5 Å². The van der Waals surface area contributed by atoms with Gasteiger partial charge < -0.3 is 9.80 Å². The topological polar surface area (TPSA) is 6.48 Å². The number of para-hydroxylation sites is 1. The van der Waals surface area contributed by atoms with Crippen molar-refractivity contribution in [3.05, 3.63) is 240 Å². The summed E-state index contributed by atoms with van der Waals surface area (Å²) in [5.74, 6) is 2.35. The van der Waals surface area contributed by atoms with E-state index in [1.165, 1.54) is 86.2 Å². The minimum Gasteiger partial charge on any atom is -0.309 e. The summed E-state index contributed by atoms with van der Waals surface area (Å²) in [6, 6.07) is 82.9. The van der Waals surface area contributed by atoms with Crippen LogP contribution in [0.1, 0.15) is 90.3 Å². The molecular weight excluding hydrogens is 944 g/mol. The lowest BCUT2D eigenvalue weighted by Gasteiger charge is -2.41. The van der Waals surface area contributed by atoms with Gasteiger partial charge in [-0.05, 0) is 175 Å². The Bertz CT molecular complexity index is 3490. The number of fused-ring (bicyclic) bond motifs is 3. The van der Waals surface area contributed by atoms with Crippen molar-refractivity contribution in [2.75, 3.05) is 9.80 Å². The van der Waals surface area contributed by atoms with E-state index >= 15 is 0 Å². The van der Waals surface area contributed by atoms with Crippen LogP contribution in [0.3, 0.4) is 0 Å². The lowest BCUT2D eigenvalue weighted by atomic mass is 9.65. The van der Waals surface area contributed by atoms with E-state index in [1.807, 2.05) is 0 Å². The molecule has 0 saturated heterocycles. The first kappa shape index (κ1) is 47.8. The van der Waals surface area contributed by atoms with Crippen molar-refractivity contribution in [3.8, 4) is 22.3 Å². The highest BCUT2D eigenvalue weighted by Crippen LogP contribution is 2.66. The smallest absolute Gasteiger partial charge is 0.180 e. The fourth-order valence-corrected chi connectivity index (χ4v) is 20.0. The number of benzene rings is 9. The van der Waals surface area contributed by atoms with Crippen LogP contribution >= 0.6 is 11.6 Å². The van der Waals surface area contributed by atoms with Crippen molar-refractivity contribution >= 4 is 74.5 Å². The number of hydrogen-bond acceptors (Lipinski definition) is 2. The van der Waals surface area contributed by atoms with E-state index in [-0.39, 0.29) is 16.2 Å². The molecule has 9 aromatic rings. The maximum Gasteiger partial charge on any atom is 0.180 e. The van der Waals surface area contributed by atoms with Crippen LogP contribution in [0, 0.1) is 17.8 Å². The summed E-state index contributed by atoms with van der Waals surface area (Å²) < 4.78 is 0. The molecule has 1 aliphatic heterocycles. The van der Waals surface area contributed by atoms with Gasteiger partial charge in [-0.3, -0.25) is 0 Å². The Balaban J connectivity index is 1.13. The molecule has 4 fully saturated rings. The van der Waals surface area contributed by atoms with E-state index in [0.29, 0.717) is 0 Å². The summed E-state index contributed by atoms with van der Waals surface area (Å²) in [7, 11) is -2.88. The summed E-state index contributed by atoms with van der Waals surface area (Å²) in [5, 5.41) is 6.33. The Morgan fingerprint density at radius 2 is 0.920 bits per heavy atom. The second-order valence-electron chi connectivity index (χ2n) is 24.5. The molecule has 4 aliphatic carbocycles. The molecule has 0 radical (unpaired) electrons. The van der Waals surface area contributed by atoms with Gasteiger partial charge in [-0.1, -0.05) is 217 Å². The van der Waals surface area contributed by atoms with E-state index < -0.39 is 8.07 Å². The van der Waals surface area contributed by atoms with E-state index in [2.05, 4.69) is 270 Å². The lowest BCUT2D eigenvalue weighted by molar-refractivity contribution is 0.229. The second kappa shape index (κ2) is 18.1. The Kier molecular flexibility index (Phi) is 11.6. The van der Waals surface area contributed by atoms with Crippen LogP contribution in [0.25, 0.3) is 22.3 Å². The molecule has 14 rings (SSSR count). The van der Waals surface area contributed by atoms with Crippen LogP contribution in [0.5, 0.6) is 0 Å². The molecule has 2 unspecified atom stereocenters. The molecule has 2 nitrogen and oxygen atoms in total. The first-order chi connectivity index (χ1) is 36.3. The van der Waals surface area contributed by atoms with Gasteiger partial charge in [0.1, 0.15) is 0 Å². The maximum absolute atomic E-state index is 8.57. The fourth-order valence-electron chi connectivity index (χ4n) is 14.5. The minimum atomic E-state index is -2.88. The molecule has 75 heavy (non-hydrogen) atoms. The zero-order valence-corrected chi connectivity index (χ0v) is 46.1. The highest BCUT2D eigenvalue weighted by molar-refractivity contribution is 7.22. The Morgan fingerprint density at radius 1 is 0.427 bits per heavy atom. The Labute approximate surface area is 451 Å². The lowest BCUT2D eigenvalue weighted by Crippen LogP contribution is -2.72. The molecule has 1 heterocycles. The molecule has 4 bridgehead atoms. The van der Waals surface area contributed by atoms with E-state index in [4.69, 9.17) is 11.6 Å². The Morgan fingerprint density at radius 3 is 1.49 bits per heavy atom. The van der Waals surface area contributed by atoms with Gasteiger partial charge in [-0.2, -0.15) is 0 Å². The highest BCUT2D eigenvalue weighted by Gasteiger charge is 2.57. The number of halogens is 1. The average Bonchev–Trinajstić information content (AvgIpc) is 4.11. The predicted octanol–water partition coefficient (Wildman–Crippen LogP) is 17.0. The van der Waals surface area contributed by atoms with Crippen molar-refractivity contribution in [2.24, 2.45) is 17.8 Å². The van der Waals surface area contributed by atoms with E-state index in [1.54, 1.807) is 0 Å². The van der Waals surface area contributed by atoms with Crippen LogP contribution in [0.15, 0.2) is 218 Å². The summed E-state index contributed by atoms with van der Waals surface area (Å²) in [4.78, 5) is 5.05. The van der Waals surface area contributed by atoms with Crippen LogP contribution in [-0.4, -0.2) is 8.07 Å². The Hall–Kier alpha value is -6.91. The quantitative estimate of drug-likeness (QED) is 0.126. The van der Waals surface area contributed by atoms with Gasteiger partial charge >= 0.3 is 0 Å². The monoisotopic (exact) mass is 1010 g/mol. The van der Waals surface area contributed by atoms with Crippen molar-refractivity contribution in [2.45, 2.75) is 89.9 Å². The standard InChI is InChI=1S/C71H67ClN2Si/c1-69(2,3)52-24-20-26-55(40-52)73(56-27-21-25-53(41-56)70(4,5)6)64-42-54(71-45-48-38-50(46-71)51(39-48)47-71)43-65(68(64)72)74(63-34-18-16-32-60(63)49-22-10-7-11-23-49)57-36-37-62-61-33-17-19-35-66(61)75(67(62)44-57,58-28-12-8-13-29-58)59-30-14-9-15-31-59/h7-37,40-44,48,50-51H,38-39,45-47H2,1-6H3. The molecule has 0 N–H and O–H groups in total. The summed E-state index contributed by atoms with van der Waals surface area (Å²) >= 11 is 8.57. The molecule has 0 aromatic heterocycles. The molecular formula is C71H67ClN2Si. The number of rotatable bonds is 10. The minimum absolute atomic E-state index is 0.0596. The third kappa shape index (κ3) is 7.95. The second-order valence-corrected chi connectivity index (χ2v) is 28.6. The van der Waals surface area contributed by atoms with Gasteiger partial charge in [-0.25, -0.2) is 0 Å². The highest BCUT2D eigenvalue weighted by atomic mass is 35.5. The van der Waals surface area contributed by atoms with Gasteiger partial charge in [0.05, 0.1) is 22.1 Å². The van der Waals surface area contributed by atoms with Gasteiger partial charge in [0.2, 0.25) is 0 Å². The zero-order valence-electron chi connectivity index (χ0n) is 44.3. The van der Waals surface area contributed by atoms with E-state index in [9.17, 15) is 0 Å². The molecule has 0 amide bonds. The average molecular weight is 1010 g/mol. The molecule has 4 heteroatoms. The third-order valence-electron chi connectivity index (χ3n) is 17.9. The summed E-state index contributed by atoms with van der Waals surface area (Å²) in [6.45, 7) is 13.9. The summed E-state index contributed by atoms with van der Waals surface area (Å²) in [6.07, 6.45) is 6.49. The van der Waals surface area contributed by atoms with Gasteiger partial charge in [0.15, 0.2) is 8.07 Å². The fraction of sp³-hybridized carbons (Fsp3) is 0.239. The van der Waals surface area contributed by atoms with Crippen molar-refractivity contribution < 1.29 is 0 Å². The number of nitrogens with zero attached hydrogens (tertiary/aromatic N) is 2.